The lowest BCUT2D eigenvalue weighted by molar-refractivity contribution is -0.143. The number of carboxylic acid groups (broad SMARTS) is 1. The van der Waals surface area contributed by atoms with Crippen LogP contribution in [0.1, 0.15) is 26.7 Å². The molecular weight excluding hydrogens is 204 g/mol. The van der Waals surface area contributed by atoms with Crippen LogP contribution in [0.4, 0.5) is 0 Å². The fourth-order valence-corrected chi connectivity index (χ4v) is 4.37. The van der Waals surface area contributed by atoms with Crippen LogP contribution in [-0.2, 0) is 14.6 Å². The molecular formula is C9H16O4S. The second kappa shape index (κ2) is 3.88. The second-order valence-corrected chi connectivity index (χ2v) is 6.50. The molecule has 0 saturated carbocycles. The zero-order valence-electron chi connectivity index (χ0n) is 8.43. The molecule has 82 valence electrons. The van der Waals surface area contributed by atoms with E-state index in [4.69, 9.17) is 5.11 Å². The van der Waals surface area contributed by atoms with Crippen LogP contribution in [0, 0.1) is 11.8 Å². The third-order valence-corrected chi connectivity index (χ3v) is 5.09. The Hall–Kier alpha value is -0.580. The van der Waals surface area contributed by atoms with E-state index in [1.807, 2.05) is 0 Å². The Bertz CT molecular complexity index is 318. The highest BCUT2D eigenvalue weighted by molar-refractivity contribution is 7.92. The van der Waals surface area contributed by atoms with Crippen LogP contribution in [0.3, 0.4) is 0 Å². The summed E-state index contributed by atoms with van der Waals surface area (Å²) in [6, 6.07) is 0. The van der Waals surface area contributed by atoms with E-state index in [2.05, 4.69) is 0 Å². The first-order chi connectivity index (χ1) is 6.36. The zero-order chi connectivity index (χ0) is 10.9. The predicted octanol–water partition coefficient (Wildman–Crippen LogP) is 0.920. The minimum Gasteiger partial charge on any atom is -0.481 e. The summed E-state index contributed by atoms with van der Waals surface area (Å²) in [5.41, 5.74) is 0. The molecule has 1 saturated heterocycles. The number of carbonyl (C=O) groups is 1. The van der Waals surface area contributed by atoms with E-state index in [1.54, 1.807) is 13.8 Å². The van der Waals surface area contributed by atoms with Gasteiger partial charge in [-0.15, -0.1) is 0 Å². The van der Waals surface area contributed by atoms with Gasteiger partial charge < -0.3 is 5.11 Å². The molecule has 0 aromatic carbocycles. The van der Waals surface area contributed by atoms with Gasteiger partial charge in [-0.05, 0) is 18.8 Å². The summed E-state index contributed by atoms with van der Waals surface area (Å²) in [6.07, 6.45) is 1.10. The van der Waals surface area contributed by atoms with E-state index >= 15 is 0 Å². The molecule has 4 nitrogen and oxygen atoms in total. The average molecular weight is 220 g/mol. The van der Waals surface area contributed by atoms with Crippen molar-refractivity contribution >= 4 is 15.8 Å². The van der Waals surface area contributed by atoms with Crippen LogP contribution in [0.25, 0.3) is 0 Å². The lowest BCUT2D eigenvalue weighted by Crippen LogP contribution is -2.35. The van der Waals surface area contributed by atoms with Gasteiger partial charge in [-0.25, -0.2) is 8.42 Å². The van der Waals surface area contributed by atoms with Crippen molar-refractivity contribution in [1.82, 2.24) is 0 Å². The summed E-state index contributed by atoms with van der Waals surface area (Å²) in [4.78, 5) is 11.0. The summed E-state index contributed by atoms with van der Waals surface area (Å²) in [5, 5.41) is 8.31. The highest BCUT2D eigenvalue weighted by Crippen LogP contribution is 2.31. The molecule has 1 rings (SSSR count). The van der Waals surface area contributed by atoms with Crippen molar-refractivity contribution in [2.45, 2.75) is 31.9 Å². The Kier molecular flexibility index (Phi) is 3.19. The van der Waals surface area contributed by atoms with Gasteiger partial charge >= 0.3 is 5.97 Å². The number of hydrogen-bond donors (Lipinski definition) is 1. The van der Waals surface area contributed by atoms with Gasteiger partial charge in [-0.1, -0.05) is 13.8 Å². The zero-order valence-corrected chi connectivity index (χ0v) is 9.25. The molecule has 0 aromatic rings. The quantitative estimate of drug-likeness (QED) is 0.767. The number of sulfone groups is 1. The minimum absolute atomic E-state index is 0.134. The second-order valence-electron chi connectivity index (χ2n) is 4.16. The highest BCUT2D eigenvalue weighted by Gasteiger charge is 2.42. The Morgan fingerprint density at radius 2 is 2.00 bits per heavy atom. The smallest absolute Gasteiger partial charge is 0.308 e. The number of hydrogen-bond acceptors (Lipinski definition) is 3. The SMILES string of the molecule is CC(C)C(C(=O)O)C1CCCS1(=O)=O. The van der Waals surface area contributed by atoms with Crippen LogP contribution < -0.4 is 0 Å². The molecule has 0 amide bonds. The van der Waals surface area contributed by atoms with E-state index in [-0.39, 0.29) is 11.7 Å². The van der Waals surface area contributed by atoms with Gasteiger partial charge in [0.15, 0.2) is 9.84 Å². The van der Waals surface area contributed by atoms with Crippen molar-refractivity contribution in [1.29, 1.82) is 0 Å². The Morgan fingerprint density at radius 3 is 2.29 bits per heavy atom. The Balaban J connectivity index is 2.95. The molecule has 2 atom stereocenters. The van der Waals surface area contributed by atoms with Gasteiger partial charge in [0.2, 0.25) is 0 Å². The van der Waals surface area contributed by atoms with Crippen molar-refractivity contribution in [3.05, 3.63) is 0 Å². The van der Waals surface area contributed by atoms with Crippen LogP contribution in [-0.4, -0.2) is 30.5 Å². The lowest BCUT2D eigenvalue weighted by atomic mass is 9.90. The molecule has 0 spiro atoms. The number of rotatable bonds is 3. The third-order valence-electron chi connectivity index (χ3n) is 2.78. The molecule has 1 aliphatic rings. The van der Waals surface area contributed by atoms with Gasteiger partial charge in [-0.2, -0.15) is 0 Å². The van der Waals surface area contributed by atoms with Gasteiger partial charge in [0.1, 0.15) is 0 Å². The summed E-state index contributed by atoms with van der Waals surface area (Å²) in [6.45, 7) is 3.51. The molecule has 1 aliphatic heterocycles. The molecule has 0 aromatic heterocycles. The standard InChI is InChI=1S/C9H16O4S/c1-6(2)8(9(10)11)7-4-3-5-14(7,12)13/h6-8H,3-5H2,1-2H3,(H,10,11). The highest BCUT2D eigenvalue weighted by atomic mass is 32.2. The molecule has 2 unspecified atom stereocenters. The van der Waals surface area contributed by atoms with Crippen molar-refractivity contribution < 1.29 is 18.3 Å². The van der Waals surface area contributed by atoms with Crippen LogP contribution in [0.15, 0.2) is 0 Å². The first-order valence-corrected chi connectivity index (χ1v) is 6.52. The van der Waals surface area contributed by atoms with E-state index in [0.717, 1.165) is 0 Å². The molecule has 1 heterocycles. The van der Waals surface area contributed by atoms with Crippen molar-refractivity contribution in [3.63, 3.8) is 0 Å². The lowest BCUT2D eigenvalue weighted by Gasteiger charge is -2.21. The van der Waals surface area contributed by atoms with E-state index in [1.165, 1.54) is 0 Å². The maximum absolute atomic E-state index is 11.5. The van der Waals surface area contributed by atoms with Crippen LogP contribution >= 0.6 is 0 Å². The monoisotopic (exact) mass is 220 g/mol. The van der Waals surface area contributed by atoms with E-state index in [0.29, 0.717) is 12.8 Å². The first kappa shape index (κ1) is 11.5. The predicted molar refractivity (Wildman–Crippen MR) is 52.8 cm³/mol. The first-order valence-electron chi connectivity index (χ1n) is 4.80. The molecule has 0 bridgehead atoms. The Labute approximate surface area is 84.2 Å². The topological polar surface area (TPSA) is 71.4 Å². The normalized spacial score (nSPS) is 27.8. The fourth-order valence-electron chi connectivity index (χ4n) is 2.09. The Morgan fingerprint density at radius 1 is 1.43 bits per heavy atom. The third kappa shape index (κ3) is 2.08. The van der Waals surface area contributed by atoms with Crippen molar-refractivity contribution in [2.75, 3.05) is 5.75 Å². The van der Waals surface area contributed by atoms with Gasteiger partial charge in [0.25, 0.3) is 0 Å². The van der Waals surface area contributed by atoms with Gasteiger partial charge in [0, 0.05) is 0 Å². The fraction of sp³-hybridized carbons (Fsp3) is 0.889. The summed E-state index contributed by atoms with van der Waals surface area (Å²) >= 11 is 0. The molecule has 1 fully saturated rings. The van der Waals surface area contributed by atoms with Crippen molar-refractivity contribution in [3.8, 4) is 0 Å². The molecule has 0 aliphatic carbocycles. The summed E-state index contributed by atoms with van der Waals surface area (Å²) in [5.74, 6) is -1.72. The summed E-state index contributed by atoms with van der Waals surface area (Å²) < 4.78 is 23.1. The molecule has 5 heteroatoms. The van der Waals surface area contributed by atoms with Crippen LogP contribution in [0.5, 0.6) is 0 Å². The van der Waals surface area contributed by atoms with Crippen LogP contribution in [0.2, 0.25) is 0 Å². The molecule has 1 N–H and O–H groups in total. The van der Waals surface area contributed by atoms with E-state index in [9.17, 15) is 13.2 Å². The molecule has 14 heavy (non-hydrogen) atoms. The maximum atomic E-state index is 11.5. The van der Waals surface area contributed by atoms with Gasteiger partial charge in [0.05, 0.1) is 16.9 Å². The largest absolute Gasteiger partial charge is 0.481 e. The maximum Gasteiger partial charge on any atom is 0.308 e. The van der Waals surface area contributed by atoms with E-state index < -0.39 is 27.0 Å². The summed E-state index contributed by atoms with van der Waals surface area (Å²) in [7, 11) is -3.16. The van der Waals surface area contributed by atoms with Crippen molar-refractivity contribution in [2.24, 2.45) is 11.8 Å². The molecule has 0 radical (unpaired) electrons. The number of aliphatic carboxylic acids is 1. The number of carboxylic acids is 1. The minimum atomic E-state index is -3.16. The van der Waals surface area contributed by atoms with Gasteiger partial charge in [-0.3, -0.25) is 4.79 Å². The average Bonchev–Trinajstić information content (AvgIpc) is 2.29.